The molecule has 30 heavy (non-hydrogen) atoms. The third kappa shape index (κ3) is 5.77. The number of ether oxygens (including phenoxy) is 1. The lowest BCUT2D eigenvalue weighted by molar-refractivity contribution is -0.383. The fourth-order valence-electron chi connectivity index (χ4n) is 2.59. The summed E-state index contributed by atoms with van der Waals surface area (Å²) in [5.41, 5.74) is 6.47. The molecule has 158 valence electrons. The number of carbonyl (C=O) groups excluding carboxylic acids is 3. The number of hydrogen-bond donors (Lipinski definition) is 2. The summed E-state index contributed by atoms with van der Waals surface area (Å²) >= 11 is 0. The van der Waals surface area contributed by atoms with Crippen LogP contribution in [-0.2, 0) is 20.7 Å². The molecular weight excluding hydrogens is 392 g/mol. The zero-order valence-corrected chi connectivity index (χ0v) is 16.6. The zero-order chi connectivity index (χ0) is 22.3. The molecule has 10 heteroatoms. The Kier molecular flexibility index (Phi) is 7.45. The lowest BCUT2D eigenvalue weighted by Gasteiger charge is -2.17. The molecule has 0 aromatic heterocycles. The predicted molar refractivity (Wildman–Crippen MR) is 110 cm³/mol. The number of para-hydroxylation sites is 1. The van der Waals surface area contributed by atoms with Gasteiger partial charge in [-0.3, -0.25) is 19.7 Å². The molecule has 2 amide bonds. The molecule has 0 aliphatic heterocycles. The van der Waals surface area contributed by atoms with Crippen LogP contribution < -0.4 is 11.1 Å². The molecule has 10 nitrogen and oxygen atoms in total. The first-order valence-electron chi connectivity index (χ1n) is 9.05. The molecule has 0 spiro atoms. The number of nitrogen functional groups attached to an aromatic ring is 1. The molecule has 2 aromatic carbocycles. The average molecular weight is 414 g/mol. The average Bonchev–Trinajstić information content (AvgIpc) is 2.72. The van der Waals surface area contributed by atoms with Gasteiger partial charge in [-0.1, -0.05) is 25.1 Å². The van der Waals surface area contributed by atoms with Crippen molar-refractivity contribution in [2.45, 2.75) is 13.3 Å². The number of amides is 2. The molecule has 0 heterocycles. The Hall–Kier alpha value is -3.95. The highest BCUT2D eigenvalue weighted by Gasteiger charge is 2.19. The summed E-state index contributed by atoms with van der Waals surface area (Å²) < 4.78 is 4.90. The van der Waals surface area contributed by atoms with Crippen molar-refractivity contribution in [2.24, 2.45) is 0 Å². The Balaban J connectivity index is 1.90. The van der Waals surface area contributed by atoms with Crippen LogP contribution in [0.2, 0.25) is 0 Å². The summed E-state index contributed by atoms with van der Waals surface area (Å²) in [7, 11) is 1.40. The van der Waals surface area contributed by atoms with E-state index in [0.717, 1.165) is 23.0 Å². The molecule has 0 fully saturated rings. The second kappa shape index (κ2) is 10.0. The molecule has 0 saturated heterocycles. The molecule has 0 aliphatic rings. The summed E-state index contributed by atoms with van der Waals surface area (Å²) in [5, 5.41) is 13.6. The van der Waals surface area contributed by atoms with E-state index in [2.05, 4.69) is 5.32 Å². The highest BCUT2D eigenvalue weighted by Crippen LogP contribution is 2.22. The molecule has 0 bridgehead atoms. The molecule has 0 atom stereocenters. The standard InChI is InChI=1S/C20H22N4O6/c1-3-13-6-4-5-7-16(13)22-18(25)11-23(2)19(26)12-30-20(27)14-8-9-15(21)17(10-14)24(28)29/h4-10H,3,11-12,21H2,1-2H3,(H,22,25). The molecular formula is C20H22N4O6. The number of nitro benzene ring substituents is 1. The number of aryl methyl sites for hydroxylation is 1. The summed E-state index contributed by atoms with van der Waals surface area (Å²) in [6, 6.07) is 10.8. The summed E-state index contributed by atoms with van der Waals surface area (Å²) in [5.74, 6) is -1.92. The van der Waals surface area contributed by atoms with Crippen molar-refractivity contribution < 1.29 is 24.0 Å². The van der Waals surface area contributed by atoms with Gasteiger partial charge in [0.05, 0.1) is 17.0 Å². The van der Waals surface area contributed by atoms with E-state index in [4.69, 9.17) is 10.5 Å². The highest BCUT2D eigenvalue weighted by molar-refractivity contribution is 5.96. The second-order valence-electron chi connectivity index (χ2n) is 6.42. The van der Waals surface area contributed by atoms with Crippen LogP contribution >= 0.6 is 0 Å². The number of nitro groups is 1. The van der Waals surface area contributed by atoms with Crippen LogP contribution in [0.1, 0.15) is 22.8 Å². The highest BCUT2D eigenvalue weighted by atomic mass is 16.6. The van der Waals surface area contributed by atoms with Crippen LogP contribution in [0.3, 0.4) is 0 Å². The van der Waals surface area contributed by atoms with Crippen molar-refractivity contribution in [2.75, 3.05) is 31.2 Å². The van der Waals surface area contributed by atoms with Crippen LogP contribution in [0, 0.1) is 10.1 Å². The van der Waals surface area contributed by atoms with Crippen molar-refractivity contribution in [1.29, 1.82) is 0 Å². The van der Waals surface area contributed by atoms with E-state index in [1.54, 1.807) is 12.1 Å². The van der Waals surface area contributed by atoms with Gasteiger partial charge in [-0.2, -0.15) is 0 Å². The third-order valence-electron chi connectivity index (χ3n) is 4.27. The molecule has 0 radical (unpaired) electrons. The van der Waals surface area contributed by atoms with Gasteiger partial charge in [0.15, 0.2) is 6.61 Å². The van der Waals surface area contributed by atoms with Gasteiger partial charge in [0.1, 0.15) is 5.69 Å². The van der Waals surface area contributed by atoms with E-state index in [-0.39, 0.29) is 17.8 Å². The van der Waals surface area contributed by atoms with Gasteiger partial charge in [-0.15, -0.1) is 0 Å². The maximum atomic E-state index is 12.2. The number of benzene rings is 2. The first kappa shape index (κ1) is 22.3. The SMILES string of the molecule is CCc1ccccc1NC(=O)CN(C)C(=O)COC(=O)c1ccc(N)c([N+](=O)[O-])c1. The summed E-state index contributed by atoms with van der Waals surface area (Å²) in [6.45, 7) is 1.11. The molecule has 2 aromatic rings. The van der Waals surface area contributed by atoms with Crippen LogP contribution in [0.25, 0.3) is 0 Å². The van der Waals surface area contributed by atoms with Crippen molar-refractivity contribution in [1.82, 2.24) is 4.90 Å². The number of hydrogen-bond acceptors (Lipinski definition) is 7. The maximum absolute atomic E-state index is 12.2. The van der Waals surface area contributed by atoms with Crippen LogP contribution in [0.5, 0.6) is 0 Å². The minimum Gasteiger partial charge on any atom is -0.452 e. The predicted octanol–water partition coefficient (Wildman–Crippen LogP) is 1.99. The zero-order valence-electron chi connectivity index (χ0n) is 16.6. The molecule has 0 saturated carbocycles. The largest absolute Gasteiger partial charge is 0.452 e. The lowest BCUT2D eigenvalue weighted by atomic mass is 10.1. The van der Waals surface area contributed by atoms with E-state index >= 15 is 0 Å². The second-order valence-corrected chi connectivity index (χ2v) is 6.42. The van der Waals surface area contributed by atoms with Gasteiger partial charge in [0.25, 0.3) is 11.6 Å². The van der Waals surface area contributed by atoms with E-state index in [0.29, 0.717) is 5.69 Å². The number of anilines is 2. The van der Waals surface area contributed by atoms with Gasteiger partial charge >= 0.3 is 5.97 Å². The number of nitrogens with one attached hydrogen (secondary N) is 1. The van der Waals surface area contributed by atoms with Crippen LogP contribution in [0.4, 0.5) is 17.1 Å². The van der Waals surface area contributed by atoms with Crippen LogP contribution in [0.15, 0.2) is 42.5 Å². The van der Waals surface area contributed by atoms with Crippen LogP contribution in [-0.4, -0.2) is 47.8 Å². The monoisotopic (exact) mass is 414 g/mol. The summed E-state index contributed by atoms with van der Waals surface area (Å²) in [4.78, 5) is 47.7. The molecule has 0 unspecified atom stereocenters. The van der Waals surface area contributed by atoms with Gasteiger partial charge < -0.3 is 20.7 Å². The van der Waals surface area contributed by atoms with Crippen molar-refractivity contribution in [3.8, 4) is 0 Å². The number of nitrogens with two attached hydrogens (primary N) is 1. The Morgan fingerprint density at radius 1 is 1.20 bits per heavy atom. The van der Waals surface area contributed by atoms with E-state index < -0.39 is 35.0 Å². The fraction of sp³-hybridized carbons (Fsp3) is 0.250. The van der Waals surface area contributed by atoms with Gasteiger partial charge in [-0.05, 0) is 30.2 Å². The Morgan fingerprint density at radius 3 is 2.57 bits per heavy atom. The number of esters is 1. The molecule has 2 rings (SSSR count). The van der Waals surface area contributed by atoms with Gasteiger partial charge in [0.2, 0.25) is 5.91 Å². The quantitative estimate of drug-likeness (QED) is 0.291. The number of likely N-dealkylation sites (N-methyl/N-ethyl adjacent to an activating group) is 1. The number of nitrogens with zero attached hydrogens (tertiary/aromatic N) is 2. The first-order chi connectivity index (χ1) is 14.2. The van der Waals surface area contributed by atoms with Gasteiger partial charge in [-0.25, -0.2) is 4.79 Å². The fourth-order valence-corrected chi connectivity index (χ4v) is 2.59. The smallest absolute Gasteiger partial charge is 0.338 e. The minimum absolute atomic E-state index is 0.0944. The molecule has 3 N–H and O–H groups in total. The normalized spacial score (nSPS) is 10.2. The Labute approximate surface area is 172 Å². The third-order valence-corrected chi connectivity index (χ3v) is 4.27. The van der Waals surface area contributed by atoms with Crippen molar-refractivity contribution in [3.63, 3.8) is 0 Å². The topological polar surface area (TPSA) is 145 Å². The van der Waals surface area contributed by atoms with E-state index in [1.165, 1.54) is 19.2 Å². The van der Waals surface area contributed by atoms with Crippen molar-refractivity contribution in [3.05, 3.63) is 63.7 Å². The van der Waals surface area contributed by atoms with E-state index in [1.807, 2.05) is 19.1 Å². The van der Waals surface area contributed by atoms with Crippen molar-refractivity contribution >= 4 is 34.8 Å². The van der Waals surface area contributed by atoms with Gasteiger partial charge in [0, 0.05) is 18.8 Å². The number of rotatable bonds is 8. The maximum Gasteiger partial charge on any atom is 0.338 e. The molecule has 0 aliphatic carbocycles. The summed E-state index contributed by atoms with van der Waals surface area (Å²) in [6.07, 6.45) is 0.741. The van der Waals surface area contributed by atoms with E-state index in [9.17, 15) is 24.5 Å². The Morgan fingerprint density at radius 2 is 1.90 bits per heavy atom. The lowest BCUT2D eigenvalue weighted by Crippen LogP contribution is -2.37. The first-order valence-corrected chi connectivity index (χ1v) is 9.05. The Bertz CT molecular complexity index is 976. The number of carbonyl (C=O) groups is 3. The minimum atomic E-state index is -0.916.